The number of carbonyl (C=O) groups is 1. The normalized spacial score (nSPS) is 10.3. The lowest BCUT2D eigenvalue weighted by Gasteiger charge is -2.00. The third-order valence-corrected chi connectivity index (χ3v) is 3.24. The molecule has 1 aromatic carbocycles. The average Bonchev–Trinajstić information content (AvgIpc) is 2.86. The second kappa shape index (κ2) is 6.43. The molecule has 0 spiro atoms. The fourth-order valence-electron chi connectivity index (χ4n) is 1.71. The monoisotopic (exact) mass is 295 g/mol. The lowest BCUT2D eigenvalue weighted by Crippen LogP contribution is -2.01. The van der Waals surface area contributed by atoms with Crippen molar-refractivity contribution in [3.05, 3.63) is 35.0 Å². The molecule has 0 N–H and O–H groups in total. The number of rotatable bonds is 5. The van der Waals surface area contributed by atoms with Gasteiger partial charge in [0.15, 0.2) is 5.76 Å². The van der Waals surface area contributed by atoms with E-state index in [0.29, 0.717) is 22.9 Å². The predicted molar refractivity (Wildman–Crippen MR) is 73.8 cm³/mol. The molecule has 0 atom stereocenters. The van der Waals surface area contributed by atoms with Gasteiger partial charge in [-0.2, -0.15) is 0 Å². The van der Waals surface area contributed by atoms with Crippen LogP contribution in [-0.4, -0.2) is 25.3 Å². The largest absolute Gasteiger partial charge is 0.497 e. The van der Waals surface area contributed by atoms with E-state index in [1.165, 1.54) is 7.11 Å². The maximum atomic E-state index is 11.1. The Morgan fingerprint density at radius 1 is 1.30 bits per heavy atom. The van der Waals surface area contributed by atoms with Crippen LogP contribution < -0.4 is 4.74 Å². The predicted octanol–water partition coefficient (Wildman–Crippen LogP) is 3.11. The van der Waals surface area contributed by atoms with E-state index >= 15 is 0 Å². The zero-order valence-electron chi connectivity index (χ0n) is 11.2. The van der Waals surface area contributed by atoms with Gasteiger partial charge in [0.2, 0.25) is 0 Å². The second-order valence-corrected chi connectivity index (χ2v) is 4.45. The van der Waals surface area contributed by atoms with Crippen molar-refractivity contribution in [1.29, 1.82) is 0 Å². The van der Waals surface area contributed by atoms with Gasteiger partial charge in [0.05, 0.1) is 20.6 Å². The van der Waals surface area contributed by atoms with Crippen LogP contribution >= 0.6 is 11.6 Å². The molecule has 5 nitrogen and oxygen atoms in total. The number of halogens is 1. The first kappa shape index (κ1) is 14.4. The summed E-state index contributed by atoms with van der Waals surface area (Å²) < 4.78 is 14.8. The van der Waals surface area contributed by atoms with E-state index in [1.807, 2.05) is 24.3 Å². The molecule has 0 amide bonds. The van der Waals surface area contributed by atoms with Crippen LogP contribution in [0.2, 0.25) is 5.02 Å². The minimum Gasteiger partial charge on any atom is -0.497 e. The molecule has 20 heavy (non-hydrogen) atoms. The van der Waals surface area contributed by atoms with Gasteiger partial charge in [-0.05, 0) is 24.3 Å². The van der Waals surface area contributed by atoms with Crippen LogP contribution in [0.25, 0.3) is 11.3 Å². The van der Waals surface area contributed by atoms with Gasteiger partial charge in [-0.25, -0.2) is 0 Å². The Balaban J connectivity index is 2.16. The van der Waals surface area contributed by atoms with Gasteiger partial charge >= 0.3 is 5.97 Å². The number of hydrogen-bond acceptors (Lipinski definition) is 5. The number of esters is 1. The summed E-state index contributed by atoms with van der Waals surface area (Å²) in [4.78, 5) is 11.1. The van der Waals surface area contributed by atoms with Gasteiger partial charge in [0, 0.05) is 12.0 Å². The molecule has 6 heteroatoms. The molecule has 0 aliphatic heterocycles. The molecule has 0 unspecified atom stereocenters. The molecule has 0 fully saturated rings. The molecule has 2 rings (SSSR count). The zero-order valence-corrected chi connectivity index (χ0v) is 11.9. The average molecular weight is 296 g/mol. The van der Waals surface area contributed by atoms with Crippen molar-refractivity contribution in [3.63, 3.8) is 0 Å². The highest BCUT2D eigenvalue weighted by Gasteiger charge is 2.16. The Morgan fingerprint density at radius 2 is 2.00 bits per heavy atom. The summed E-state index contributed by atoms with van der Waals surface area (Å²) in [5.74, 6) is 0.908. The topological polar surface area (TPSA) is 61.6 Å². The Labute approximate surface area is 121 Å². The lowest BCUT2D eigenvalue weighted by atomic mass is 10.1. The molecule has 0 bridgehead atoms. The fraction of sp³-hybridized carbons (Fsp3) is 0.286. The molecule has 0 saturated heterocycles. The maximum Gasteiger partial charge on any atom is 0.305 e. The van der Waals surface area contributed by atoms with Gasteiger partial charge in [0.25, 0.3) is 0 Å². The smallest absolute Gasteiger partial charge is 0.305 e. The second-order valence-electron chi connectivity index (χ2n) is 4.07. The first-order valence-corrected chi connectivity index (χ1v) is 6.38. The van der Waals surface area contributed by atoms with E-state index in [4.69, 9.17) is 20.9 Å². The molecule has 2 aromatic rings. The molecule has 1 aromatic heterocycles. The van der Waals surface area contributed by atoms with Gasteiger partial charge in [-0.1, -0.05) is 16.8 Å². The van der Waals surface area contributed by atoms with Crippen LogP contribution in [0.1, 0.15) is 12.2 Å². The first-order valence-electron chi connectivity index (χ1n) is 6.01. The highest BCUT2D eigenvalue weighted by Crippen LogP contribution is 2.31. The van der Waals surface area contributed by atoms with E-state index < -0.39 is 0 Å². The van der Waals surface area contributed by atoms with Gasteiger partial charge < -0.3 is 14.0 Å². The summed E-state index contributed by atoms with van der Waals surface area (Å²) in [5.41, 5.74) is 1.37. The van der Waals surface area contributed by atoms with E-state index in [-0.39, 0.29) is 12.4 Å². The summed E-state index contributed by atoms with van der Waals surface area (Å²) in [5, 5.41) is 4.36. The minimum absolute atomic E-state index is 0.202. The fourth-order valence-corrected chi connectivity index (χ4v) is 1.99. The summed E-state index contributed by atoms with van der Waals surface area (Å²) in [6, 6.07) is 7.31. The Bertz CT molecular complexity index is 592. The summed E-state index contributed by atoms with van der Waals surface area (Å²) in [7, 11) is 2.94. The van der Waals surface area contributed by atoms with Gasteiger partial charge in [-0.15, -0.1) is 0 Å². The Hall–Kier alpha value is -2.01. The quantitative estimate of drug-likeness (QED) is 0.793. The molecular weight excluding hydrogens is 282 g/mol. The number of methoxy groups -OCH3 is 2. The van der Waals surface area contributed by atoms with Crippen LogP contribution in [0.5, 0.6) is 5.75 Å². The zero-order chi connectivity index (χ0) is 14.5. The van der Waals surface area contributed by atoms with E-state index in [1.54, 1.807) is 7.11 Å². The maximum absolute atomic E-state index is 11.1. The number of ether oxygens (including phenoxy) is 2. The Kier molecular flexibility index (Phi) is 4.63. The van der Waals surface area contributed by atoms with Crippen molar-refractivity contribution in [1.82, 2.24) is 5.16 Å². The van der Waals surface area contributed by atoms with Gasteiger partial charge in [-0.3, -0.25) is 4.79 Å². The van der Waals surface area contributed by atoms with Crippen molar-refractivity contribution >= 4 is 17.6 Å². The minimum atomic E-state index is -0.316. The number of hydrogen-bond donors (Lipinski definition) is 0. The van der Waals surface area contributed by atoms with E-state index in [0.717, 1.165) is 11.3 Å². The molecule has 0 aliphatic carbocycles. The summed E-state index contributed by atoms with van der Waals surface area (Å²) in [6.45, 7) is 0. The molecular formula is C14H14ClNO4. The molecule has 0 saturated carbocycles. The van der Waals surface area contributed by atoms with E-state index in [9.17, 15) is 4.79 Å². The van der Waals surface area contributed by atoms with Crippen molar-refractivity contribution < 1.29 is 18.8 Å². The first-order chi connectivity index (χ1) is 9.65. The number of aromatic nitrogens is 1. The SMILES string of the molecule is COC(=O)CCc1onc(-c2ccc(OC)cc2)c1Cl. The van der Waals surface area contributed by atoms with Crippen LogP contribution in [-0.2, 0) is 16.0 Å². The Morgan fingerprint density at radius 3 is 2.60 bits per heavy atom. The van der Waals surface area contributed by atoms with Crippen molar-refractivity contribution in [2.75, 3.05) is 14.2 Å². The van der Waals surface area contributed by atoms with Crippen molar-refractivity contribution in [2.45, 2.75) is 12.8 Å². The summed E-state index contributed by atoms with van der Waals surface area (Å²) in [6.07, 6.45) is 0.558. The molecule has 0 radical (unpaired) electrons. The van der Waals surface area contributed by atoms with Crippen LogP contribution in [0.4, 0.5) is 0 Å². The van der Waals surface area contributed by atoms with Crippen molar-refractivity contribution in [3.8, 4) is 17.0 Å². The molecule has 106 valence electrons. The number of nitrogens with zero attached hydrogens (tertiary/aromatic N) is 1. The number of aryl methyl sites for hydroxylation is 1. The molecule has 1 heterocycles. The van der Waals surface area contributed by atoms with Crippen LogP contribution in [0.3, 0.4) is 0 Å². The number of benzene rings is 1. The standard InChI is InChI=1S/C14H14ClNO4/c1-18-10-5-3-9(4-6-10)14-13(15)11(20-16-14)7-8-12(17)19-2/h3-6H,7-8H2,1-2H3. The highest BCUT2D eigenvalue weighted by molar-refractivity contribution is 6.33. The highest BCUT2D eigenvalue weighted by atomic mass is 35.5. The molecule has 0 aliphatic rings. The van der Waals surface area contributed by atoms with Crippen LogP contribution in [0.15, 0.2) is 28.8 Å². The van der Waals surface area contributed by atoms with Crippen LogP contribution in [0, 0.1) is 0 Å². The third-order valence-electron chi connectivity index (χ3n) is 2.85. The third kappa shape index (κ3) is 3.11. The number of carbonyl (C=O) groups excluding carboxylic acids is 1. The van der Waals surface area contributed by atoms with Crippen molar-refractivity contribution in [2.24, 2.45) is 0 Å². The lowest BCUT2D eigenvalue weighted by molar-refractivity contribution is -0.140. The van der Waals surface area contributed by atoms with E-state index in [2.05, 4.69) is 9.89 Å². The van der Waals surface area contributed by atoms with Gasteiger partial charge in [0.1, 0.15) is 16.5 Å². The summed E-state index contributed by atoms with van der Waals surface area (Å²) >= 11 is 6.22.